The number of rotatable bonds is 7. The van der Waals surface area contributed by atoms with Crippen LogP contribution in [0.4, 0.5) is 0 Å². The van der Waals surface area contributed by atoms with Crippen LogP contribution in [0, 0.1) is 5.92 Å². The lowest BCUT2D eigenvalue weighted by molar-refractivity contribution is -0.124. The van der Waals surface area contributed by atoms with E-state index in [-0.39, 0.29) is 17.9 Å². The Balaban J connectivity index is 1.69. The van der Waals surface area contributed by atoms with Gasteiger partial charge in [0.2, 0.25) is 5.91 Å². The largest absolute Gasteiger partial charge is 0.351 e. The summed E-state index contributed by atoms with van der Waals surface area (Å²) in [6.45, 7) is 7.42. The molecule has 1 N–H and O–H groups in total. The predicted octanol–water partition coefficient (Wildman–Crippen LogP) is 5.56. The molecule has 1 aliphatic rings. The van der Waals surface area contributed by atoms with Gasteiger partial charge in [-0.1, -0.05) is 69.3 Å². The third-order valence-electron chi connectivity index (χ3n) is 6.02. The van der Waals surface area contributed by atoms with Crippen LogP contribution in [0.3, 0.4) is 0 Å². The van der Waals surface area contributed by atoms with E-state index in [0.717, 1.165) is 22.4 Å². The predicted molar refractivity (Wildman–Crippen MR) is 130 cm³/mol. The zero-order valence-corrected chi connectivity index (χ0v) is 19.7. The molecule has 4 nitrogen and oxygen atoms in total. The molecule has 166 valence electrons. The van der Waals surface area contributed by atoms with Crippen molar-refractivity contribution in [2.24, 2.45) is 5.92 Å². The minimum atomic E-state index is -0.448. The van der Waals surface area contributed by atoms with Crippen molar-refractivity contribution in [2.75, 3.05) is 6.54 Å². The third-order valence-corrected chi connectivity index (χ3v) is 6.96. The van der Waals surface area contributed by atoms with Gasteiger partial charge in [-0.3, -0.25) is 9.59 Å². The number of fused-ring (bicyclic) bond motifs is 1. The van der Waals surface area contributed by atoms with E-state index < -0.39 is 5.92 Å². The van der Waals surface area contributed by atoms with Crippen molar-refractivity contribution in [1.29, 1.82) is 0 Å². The Labute approximate surface area is 194 Å². The molecule has 2 atom stereocenters. The molecule has 0 bridgehead atoms. The first-order valence-corrected chi connectivity index (χ1v) is 12.2. The summed E-state index contributed by atoms with van der Waals surface area (Å²) in [4.78, 5) is 30.1. The molecule has 0 saturated heterocycles. The zero-order valence-electron chi connectivity index (χ0n) is 18.9. The van der Waals surface area contributed by atoms with E-state index >= 15 is 0 Å². The highest BCUT2D eigenvalue weighted by atomic mass is 32.1. The van der Waals surface area contributed by atoms with E-state index in [1.54, 1.807) is 11.3 Å². The Hall–Kier alpha value is -2.92. The molecule has 0 saturated carbocycles. The highest BCUT2D eigenvalue weighted by molar-refractivity contribution is 7.10. The van der Waals surface area contributed by atoms with Gasteiger partial charge in [-0.2, -0.15) is 0 Å². The number of carbonyl (C=O) groups excluding carboxylic acids is 2. The lowest BCUT2D eigenvalue weighted by atomic mass is 9.81. The highest BCUT2D eigenvalue weighted by Crippen LogP contribution is 2.44. The summed E-state index contributed by atoms with van der Waals surface area (Å²) in [7, 11) is 0. The fourth-order valence-electron chi connectivity index (χ4n) is 4.44. The highest BCUT2D eigenvalue weighted by Gasteiger charge is 2.44. The van der Waals surface area contributed by atoms with Crippen LogP contribution in [0.1, 0.15) is 64.7 Å². The Morgan fingerprint density at radius 1 is 1.03 bits per heavy atom. The van der Waals surface area contributed by atoms with Gasteiger partial charge in [0.15, 0.2) is 0 Å². The van der Waals surface area contributed by atoms with Crippen molar-refractivity contribution in [3.05, 3.63) is 93.2 Å². The fourth-order valence-corrected chi connectivity index (χ4v) is 5.31. The maximum atomic E-state index is 13.7. The Kier molecular flexibility index (Phi) is 6.75. The molecule has 0 fully saturated rings. The summed E-state index contributed by atoms with van der Waals surface area (Å²) < 4.78 is 0. The summed E-state index contributed by atoms with van der Waals surface area (Å²) in [6.07, 6.45) is 0.994. The first-order chi connectivity index (χ1) is 15.5. The van der Waals surface area contributed by atoms with Crippen molar-refractivity contribution in [3.63, 3.8) is 0 Å². The van der Waals surface area contributed by atoms with Crippen LogP contribution in [0.5, 0.6) is 0 Å². The van der Waals surface area contributed by atoms with Gasteiger partial charge in [0.05, 0.1) is 12.0 Å². The van der Waals surface area contributed by atoms with Crippen LogP contribution < -0.4 is 5.32 Å². The lowest BCUT2D eigenvalue weighted by Crippen LogP contribution is -2.48. The summed E-state index contributed by atoms with van der Waals surface area (Å²) in [5.74, 6) is -0.188. The molecular formula is C27H30N2O2S. The maximum absolute atomic E-state index is 13.7. The summed E-state index contributed by atoms with van der Waals surface area (Å²) in [5.41, 5.74) is 3.80. The van der Waals surface area contributed by atoms with Gasteiger partial charge >= 0.3 is 0 Å². The Morgan fingerprint density at radius 3 is 2.41 bits per heavy atom. The number of aryl methyl sites for hydroxylation is 1. The number of nitrogens with zero attached hydrogens (tertiary/aromatic N) is 1. The summed E-state index contributed by atoms with van der Waals surface area (Å²) in [5, 5.41) is 5.17. The molecule has 0 spiro atoms. The SMILES string of the molecule is CCc1ccc(CNC(=O)C2c3ccccc3C(=O)N(CC(C)C)C2c2cccs2)cc1. The minimum absolute atomic E-state index is 0.00639. The van der Waals surface area contributed by atoms with Gasteiger partial charge in [0.25, 0.3) is 5.91 Å². The smallest absolute Gasteiger partial charge is 0.254 e. The van der Waals surface area contributed by atoms with Gasteiger partial charge in [0.1, 0.15) is 0 Å². The standard InChI is InChI=1S/C27H30N2O2S/c1-4-19-11-13-20(14-12-19)16-28-26(30)24-21-8-5-6-9-22(21)27(31)29(17-18(2)3)25(24)23-10-7-15-32-23/h5-15,18,24-25H,4,16-17H2,1-3H3,(H,28,30). The van der Waals surface area contributed by atoms with Crippen molar-refractivity contribution >= 4 is 23.2 Å². The molecule has 32 heavy (non-hydrogen) atoms. The third kappa shape index (κ3) is 4.49. The normalized spacial score (nSPS) is 18.0. The maximum Gasteiger partial charge on any atom is 0.254 e. The molecule has 2 aromatic carbocycles. The lowest BCUT2D eigenvalue weighted by Gasteiger charge is -2.42. The van der Waals surface area contributed by atoms with Crippen LogP contribution in [0.15, 0.2) is 66.0 Å². The Morgan fingerprint density at radius 2 is 1.75 bits per heavy atom. The van der Waals surface area contributed by atoms with E-state index in [0.29, 0.717) is 24.6 Å². The monoisotopic (exact) mass is 446 g/mol. The van der Waals surface area contributed by atoms with E-state index in [1.807, 2.05) is 46.7 Å². The molecule has 5 heteroatoms. The van der Waals surface area contributed by atoms with Crippen molar-refractivity contribution in [3.8, 4) is 0 Å². The number of amides is 2. The van der Waals surface area contributed by atoms with Crippen LogP contribution in [0.2, 0.25) is 0 Å². The summed E-state index contributed by atoms with van der Waals surface area (Å²) >= 11 is 1.60. The first-order valence-electron chi connectivity index (χ1n) is 11.3. The van der Waals surface area contributed by atoms with Gasteiger partial charge in [-0.05, 0) is 46.5 Å². The van der Waals surface area contributed by atoms with Gasteiger partial charge in [0, 0.05) is 23.5 Å². The summed E-state index contributed by atoms with van der Waals surface area (Å²) in [6, 6.07) is 19.6. The molecule has 2 unspecified atom stereocenters. The number of hydrogen-bond donors (Lipinski definition) is 1. The van der Waals surface area contributed by atoms with Gasteiger partial charge in [-0.25, -0.2) is 0 Å². The topological polar surface area (TPSA) is 49.4 Å². The second-order valence-electron chi connectivity index (χ2n) is 8.76. The average Bonchev–Trinajstić information content (AvgIpc) is 3.33. The van der Waals surface area contributed by atoms with E-state index in [1.165, 1.54) is 5.56 Å². The Bertz CT molecular complexity index is 1070. The number of hydrogen-bond acceptors (Lipinski definition) is 3. The number of nitrogens with one attached hydrogen (secondary N) is 1. The molecule has 1 aromatic heterocycles. The molecular weight excluding hydrogens is 416 g/mol. The van der Waals surface area contributed by atoms with Crippen LogP contribution in [0.25, 0.3) is 0 Å². The van der Waals surface area contributed by atoms with Crippen LogP contribution in [-0.2, 0) is 17.8 Å². The number of thiophene rings is 1. The molecule has 3 aromatic rings. The molecule has 2 heterocycles. The van der Waals surface area contributed by atoms with Crippen LogP contribution in [-0.4, -0.2) is 23.3 Å². The van der Waals surface area contributed by atoms with E-state index in [2.05, 4.69) is 50.4 Å². The molecule has 4 rings (SSSR count). The van der Waals surface area contributed by atoms with E-state index in [4.69, 9.17) is 0 Å². The first kappa shape index (κ1) is 22.3. The second-order valence-corrected chi connectivity index (χ2v) is 9.74. The van der Waals surface area contributed by atoms with E-state index in [9.17, 15) is 9.59 Å². The van der Waals surface area contributed by atoms with Crippen molar-refractivity contribution in [1.82, 2.24) is 10.2 Å². The molecule has 0 radical (unpaired) electrons. The quantitative estimate of drug-likeness (QED) is 0.516. The van der Waals surface area contributed by atoms with Gasteiger partial charge in [-0.15, -0.1) is 11.3 Å². The average molecular weight is 447 g/mol. The fraction of sp³-hybridized carbons (Fsp3) is 0.333. The molecule has 1 aliphatic heterocycles. The molecule has 0 aliphatic carbocycles. The second kappa shape index (κ2) is 9.70. The molecule has 2 amide bonds. The zero-order chi connectivity index (χ0) is 22.7. The number of benzene rings is 2. The number of carbonyl (C=O) groups is 2. The van der Waals surface area contributed by atoms with Crippen molar-refractivity contribution in [2.45, 2.75) is 45.7 Å². The van der Waals surface area contributed by atoms with Gasteiger partial charge < -0.3 is 10.2 Å². The van der Waals surface area contributed by atoms with Crippen LogP contribution >= 0.6 is 11.3 Å². The minimum Gasteiger partial charge on any atom is -0.351 e. The van der Waals surface area contributed by atoms with Crippen molar-refractivity contribution < 1.29 is 9.59 Å².